The Morgan fingerprint density at radius 1 is 0.571 bits per heavy atom. The molecule has 0 spiro atoms. The van der Waals surface area contributed by atoms with Crippen molar-refractivity contribution < 1.29 is 0 Å². The van der Waals surface area contributed by atoms with Crippen LogP contribution in [-0.2, 0) is 0 Å². The van der Waals surface area contributed by atoms with E-state index in [1.165, 1.54) is 98.1 Å². The molecule has 5 aliphatic carbocycles. The van der Waals surface area contributed by atoms with Crippen LogP contribution in [-0.4, -0.2) is 18.6 Å². The number of amidine groups is 1. The van der Waals surface area contributed by atoms with Crippen LogP contribution in [0.2, 0.25) is 0 Å². The molecule has 0 radical (unpaired) electrons. The minimum atomic E-state index is 0.608. The molecule has 4 aromatic carbocycles. The molecule has 9 rings (SSSR count). The van der Waals surface area contributed by atoms with Crippen molar-refractivity contribution >= 4 is 22.7 Å². The SMILES string of the molecule is CC1=C(c2cc(-c3ccc(C)c(C4=C(C)C=CC(C)C4)c3)ccc2C)CCC=C1.CN=C(C)N=C(C)C1=C2C3=C(C=CCC3)CC2CC=C1.Cc1ccccc1.Cc1ccccc1. The fraction of sp³-hybridized carbons (Fsp3) is 0.311. The normalized spacial score (nSPS) is 19.1. The van der Waals surface area contributed by atoms with Crippen LogP contribution >= 0.6 is 0 Å². The number of nitrogens with zero attached hydrogens (tertiary/aromatic N) is 2. The first-order valence-corrected chi connectivity index (χ1v) is 23.2. The van der Waals surface area contributed by atoms with E-state index in [0.717, 1.165) is 30.8 Å². The molecule has 2 heteroatoms. The van der Waals surface area contributed by atoms with Gasteiger partial charge in [0.1, 0.15) is 5.84 Å². The second kappa shape index (κ2) is 22.5. The van der Waals surface area contributed by atoms with Crippen molar-refractivity contribution in [2.45, 2.75) is 107 Å². The monoisotopic (exact) mass is 831 g/mol. The molecule has 0 saturated carbocycles. The van der Waals surface area contributed by atoms with E-state index in [1.54, 1.807) is 23.8 Å². The Labute approximate surface area is 380 Å². The standard InChI is InChI=1S/C29H32.C18H22N2.2C7H8/c1-19-10-11-21(3)27(16-19)29-18-25(15-13-23(29)5)24-14-12-22(4)28(17-24)26-9-7-6-8-20(26)2;1-12(20-13(2)19-3)16-10-6-8-15-11-14-7-4-5-9-17(14)18(15)16;2*1-7-5-3-2-4-6-7/h6,8,10-15,17-19H,7,9,16H2,1-5H3;4,6-7,10,15H,5,8-9,11H2,1-3H3;2*2-6H,1H3. The summed E-state index contributed by atoms with van der Waals surface area (Å²) in [6, 6.07) is 34.5. The van der Waals surface area contributed by atoms with E-state index in [4.69, 9.17) is 0 Å². The molecule has 2 nitrogen and oxygen atoms in total. The van der Waals surface area contributed by atoms with Crippen LogP contribution in [0.1, 0.15) is 113 Å². The molecule has 2 unspecified atom stereocenters. The Bertz CT molecular complexity index is 2520. The topological polar surface area (TPSA) is 24.7 Å². The highest BCUT2D eigenvalue weighted by molar-refractivity contribution is 6.08. The van der Waals surface area contributed by atoms with Gasteiger partial charge < -0.3 is 0 Å². The molecule has 0 N–H and O–H groups in total. The molecule has 0 aromatic heterocycles. The van der Waals surface area contributed by atoms with Crippen LogP contribution < -0.4 is 0 Å². The first-order valence-electron chi connectivity index (χ1n) is 23.2. The smallest absolute Gasteiger partial charge is 0.120 e. The summed E-state index contributed by atoms with van der Waals surface area (Å²) >= 11 is 0. The van der Waals surface area contributed by atoms with Crippen molar-refractivity contribution in [3.8, 4) is 11.1 Å². The minimum absolute atomic E-state index is 0.608. The number of fused-ring (bicyclic) bond motifs is 2. The molecular weight excluding hydrogens is 761 g/mol. The first kappa shape index (κ1) is 46.6. The van der Waals surface area contributed by atoms with Crippen molar-refractivity contribution in [3.63, 3.8) is 0 Å². The van der Waals surface area contributed by atoms with Gasteiger partial charge in [-0.1, -0.05) is 152 Å². The maximum Gasteiger partial charge on any atom is 0.120 e. The molecule has 324 valence electrons. The summed E-state index contributed by atoms with van der Waals surface area (Å²) in [4.78, 5) is 8.78. The maximum atomic E-state index is 4.63. The lowest BCUT2D eigenvalue weighted by atomic mass is 9.83. The van der Waals surface area contributed by atoms with Gasteiger partial charge in [-0.15, -0.1) is 0 Å². The molecule has 4 aromatic rings. The Balaban J connectivity index is 0.000000165. The van der Waals surface area contributed by atoms with Crippen molar-refractivity contribution in [1.29, 1.82) is 0 Å². The number of aryl methyl sites for hydroxylation is 4. The number of rotatable bonds is 4. The third kappa shape index (κ3) is 12.4. The quantitative estimate of drug-likeness (QED) is 0.145. The van der Waals surface area contributed by atoms with E-state index >= 15 is 0 Å². The summed E-state index contributed by atoms with van der Waals surface area (Å²) in [7, 11) is 1.80. The van der Waals surface area contributed by atoms with E-state index in [2.05, 4.69) is 175 Å². The Hall–Kier alpha value is -5.86. The van der Waals surface area contributed by atoms with Gasteiger partial charge in [-0.3, -0.25) is 4.99 Å². The zero-order valence-electron chi connectivity index (χ0n) is 39.9. The van der Waals surface area contributed by atoms with Gasteiger partial charge in [-0.2, -0.15) is 0 Å². The lowest BCUT2D eigenvalue weighted by Crippen LogP contribution is -2.11. The molecule has 0 bridgehead atoms. The zero-order chi connectivity index (χ0) is 44.9. The Morgan fingerprint density at radius 3 is 1.68 bits per heavy atom. The Morgan fingerprint density at radius 2 is 1.13 bits per heavy atom. The van der Waals surface area contributed by atoms with E-state index < -0.39 is 0 Å². The number of hydrogen-bond acceptors (Lipinski definition) is 1. The van der Waals surface area contributed by atoms with Gasteiger partial charge in [0, 0.05) is 12.8 Å². The molecule has 0 fully saturated rings. The fourth-order valence-electron chi connectivity index (χ4n) is 9.26. The fourth-order valence-corrected chi connectivity index (χ4v) is 9.26. The van der Waals surface area contributed by atoms with Gasteiger partial charge in [0.2, 0.25) is 0 Å². The van der Waals surface area contributed by atoms with Gasteiger partial charge in [0.15, 0.2) is 0 Å². The summed E-state index contributed by atoms with van der Waals surface area (Å²) in [5, 5.41) is 0. The highest BCUT2D eigenvalue weighted by Gasteiger charge is 2.32. The van der Waals surface area contributed by atoms with E-state index in [1.807, 2.05) is 43.3 Å². The number of hydrogen-bond donors (Lipinski definition) is 0. The van der Waals surface area contributed by atoms with Crippen molar-refractivity contribution in [1.82, 2.24) is 0 Å². The van der Waals surface area contributed by atoms with Crippen molar-refractivity contribution in [2.75, 3.05) is 7.05 Å². The van der Waals surface area contributed by atoms with Crippen LogP contribution in [0, 0.1) is 39.5 Å². The van der Waals surface area contributed by atoms with E-state index in [0.29, 0.717) is 11.8 Å². The van der Waals surface area contributed by atoms with Crippen LogP contribution in [0.3, 0.4) is 0 Å². The summed E-state index contributed by atoms with van der Waals surface area (Å²) in [6.07, 6.45) is 26.6. The maximum absolute atomic E-state index is 4.63. The van der Waals surface area contributed by atoms with Gasteiger partial charge in [0.25, 0.3) is 0 Å². The molecule has 0 amide bonds. The highest BCUT2D eigenvalue weighted by Crippen LogP contribution is 2.47. The molecule has 0 aliphatic heterocycles. The lowest BCUT2D eigenvalue weighted by molar-refractivity contribution is 0.650. The second-order valence-corrected chi connectivity index (χ2v) is 18.0. The minimum Gasteiger partial charge on any atom is -0.274 e. The van der Waals surface area contributed by atoms with E-state index in [9.17, 15) is 0 Å². The van der Waals surface area contributed by atoms with Gasteiger partial charge >= 0.3 is 0 Å². The highest BCUT2D eigenvalue weighted by atomic mass is 14.9. The largest absolute Gasteiger partial charge is 0.274 e. The van der Waals surface area contributed by atoms with Crippen LogP contribution in [0.15, 0.2) is 189 Å². The number of allylic oxidation sites excluding steroid dienone is 16. The average molecular weight is 831 g/mol. The summed E-state index contributed by atoms with van der Waals surface area (Å²) in [5.74, 6) is 2.13. The Kier molecular flexibility index (Phi) is 16.6. The molecule has 2 atom stereocenters. The third-order valence-corrected chi connectivity index (χ3v) is 12.9. The number of benzene rings is 4. The summed E-state index contributed by atoms with van der Waals surface area (Å²) in [6.45, 7) is 19.5. The van der Waals surface area contributed by atoms with Gasteiger partial charge in [0.05, 0.1) is 0 Å². The van der Waals surface area contributed by atoms with Gasteiger partial charge in [-0.05, 0) is 202 Å². The first-order chi connectivity index (χ1) is 30.4. The molecule has 0 heterocycles. The lowest BCUT2D eigenvalue weighted by Gasteiger charge is -2.21. The second-order valence-electron chi connectivity index (χ2n) is 18.0. The zero-order valence-corrected chi connectivity index (χ0v) is 39.9. The van der Waals surface area contributed by atoms with Crippen LogP contribution in [0.5, 0.6) is 0 Å². The van der Waals surface area contributed by atoms with Crippen LogP contribution in [0.4, 0.5) is 0 Å². The van der Waals surface area contributed by atoms with Crippen LogP contribution in [0.25, 0.3) is 22.3 Å². The summed E-state index contributed by atoms with van der Waals surface area (Å²) in [5.41, 5.74) is 23.8. The predicted octanol–water partition coefficient (Wildman–Crippen LogP) is 16.9. The number of aliphatic imine (C=N–C) groups is 2. The van der Waals surface area contributed by atoms with Crippen molar-refractivity contribution in [3.05, 3.63) is 212 Å². The van der Waals surface area contributed by atoms with E-state index in [-0.39, 0.29) is 0 Å². The average Bonchev–Trinajstić information content (AvgIpc) is 3.68. The molecular formula is C61H70N2. The van der Waals surface area contributed by atoms with Gasteiger partial charge in [-0.25, -0.2) is 4.99 Å². The predicted molar refractivity (Wildman–Crippen MR) is 277 cm³/mol. The van der Waals surface area contributed by atoms with Crippen molar-refractivity contribution in [2.24, 2.45) is 21.8 Å². The molecule has 0 saturated heterocycles. The third-order valence-electron chi connectivity index (χ3n) is 12.9. The molecule has 5 aliphatic rings. The molecule has 63 heavy (non-hydrogen) atoms. The summed E-state index contributed by atoms with van der Waals surface area (Å²) < 4.78 is 0.